The van der Waals surface area contributed by atoms with Crippen LogP contribution in [0.3, 0.4) is 0 Å². The first-order valence-corrected chi connectivity index (χ1v) is 5.96. The summed E-state index contributed by atoms with van der Waals surface area (Å²) in [6, 6.07) is 0.498. The minimum Gasteiger partial charge on any atom is -0.340 e. The first-order valence-electron chi connectivity index (χ1n) is 4.68. The van der Waals surface area contributed by atoms with E-state index in [1.54, 1.807) is 11.8 Å². The highest BCUT2D eigenvalue weighted by atomic mass is 32.2. The standard InChI is InChI=1S/C9H18N2OS/c1-7(13-3)9(12)11-5-4-8(6-11)10-2/h7-8,10H,4-6H2,1-3H3. The highest BCUT2D eigenvalue weighted by Crippen LogP contribution is 2.15. The van der Waals surface area contributed by atoms with E-state index in [-0.39, 0.29) is 11.2 Å². The average Bonchev–Trinajstić information content (AvgIpc) is 2.63. The molecule has 0 bridgehead atoms. The maximum atomic E-state index is 11.7. The molecular formula is C9H18N2OS. The van der Waals surface area contributed by atoms with Gasteiger partial charge in [-0.25, -0.2) is 0 Å². The molecule has 1 amide bonds. The smallest absolute Gasteiger partial charge is 0.235 e. The summed E-state index contributed by atoms with van der Waals surface area (Å²) in [5, 5.41) is 3.31. The maximum Gasteiger partial charge on any atom is 0.235 e. The van der Waals surface area contributed by atoms with Gasteiger partial charge in [0.05, 0.1) is 5.25 Å². The Kier molecular flexibility index (Phi) is 4.06. The van der Waals surface area contributed by atoms with E-state index in [1.165, 1.54) is 0 Å². The van der Waals surface area contributed by atoms with Crippen LogP contribution in [0.25, 0.3) is 0 Å². The van der Waals surface area contributed by atoms with Gasteiger partial charge in [-0.3, -0.25) is 4.79 Å². The van der Waals surface area contributed by atoms with Gasteiger partial charge in [0.15, 0.2) is 0 Å². The molecule has 0 aromatic carbocycles. The molecule has 13 heavy (non-hydrogen) atoms. The van der Waals surface area contributed by atoms with E-state index in [2.05, 4.69) is 5.32 Å². The Hall–Kier alpha value is -0.220. The number of likely N-dealkylation sites (N-methyl/N-ethyl adjacent to an activating group) is 1. The summed E-state index contributed by atoms with van der Waals surface area (Å²) in [7, 11) is 1.96. The van der Waals surface area contributed by atoms with Crippen LogP contribution in [0.5, 0.6) is 0 Å². The van der Waals surface area contributed by atoms with Gasteiger partial charge in [-0.15, -0.1) is 0 Å². The monoisotopic (exact) mass is 202 g/mol. The Balaban J connectivity index is 2.41. The van der Waals surface area contributed by atoms with E-state index in [4.69, 9.17) is 0 Å². The molecule has 1 fully saturated rings. The summed E-state index contributed by atoms with van der Waals surface area (Å²) in [6.45, 7) is 3.76. The van der Waals surface area contributed by atoms with Crippen molar-refractivity contribution >= 4 is 17.7 Å². The van der Waals surface area contributed by atoms with Crippen LogP contribution in [0.1, 0.15) is 13.3 Å². The summed E-state index contributed by atoms with van der Waals surface area (Å²) in [4.78, 5) is 13.7. The van der Waals surface area contributed by atoms with Gasteiger partial charge < -0.3 is 10.2 Å². The van der Waals surface area contributed by atoms with E-state index in [1.807, 2.05) is 25.1 Å². The fourth-order valence-corrected chi connectivity index (χ4v) is 1.90. The van der Waals surface area contributed by atoms with Crippen molar-refractivity contribution in [3.63, 3.8) is 0 Å². The molecule has 1 rings (SSSR count). The van der Waals surface area contributed by atoms with Crippen LogP contribution in [0.2, 0.25) is 0 Å². The van der Waals surface area contributed by atoms with Crippen LogP contribution >= 0.6 is 11.8 Å². The van der Waals surface area contributed by atoms with Crippen molar-refractivity contribution in [3.8, 4) is 0 Å². The predicted molar refractivity (Wildman–Crippen MR) is 57.0 cm³/mol. The molecule has 2 atom stereocenters. The van der Waals surface area contributed by atoms with E-state index in [0.29, 0.717) is 6.04 Å². The Labute approximate surface area is 84.2 Å². The van der Waals surface area contributed by atoms with Crippen molar-refractivity contribution in [1.29, 1.82) is 0 Å². The zero-order valence-corrected chi connectivity index (χ0v) is 9.36. The molecule has 1 saturated heterocycles. The predicted octanol–water partition coefficient (Wildman–Crippen LogP) is 0.558. The summed E-state index contributed by atoms with van der Waals surface area (Å²) >= 11 is 1.62. The SMILES string of the molecule is CNC1CCN(C(=O)C(C)SC)C1. The van der Waals surface area contributed by atoms with Crippen molar-refractivity contribution in [2.45, 2.75) is 24.6 Å². The minimum absolute atomic E-state index is 0.107. The zero-order chi connectivity index (χ0) is 9.84. The number of thioether (sulfide) groups is 1. The van der Waals surface area contributed by atoms with Crippen LogP contribution in [-0.4, -0.2) is 48.5 Å². The summed E-state index contributed by atoms with van der Waals surface area (Å²) in [5.74, 6) is 0.283. The van der Waals surface area contributed by atoms with Crippen molar-refractivity contribution in [2.75, 3.05) is 26.4 Å². The van der Waals surface area contributed by atoms with Crippen molar-refractivity contribution < 1.29 is 4.79 Å². The van der Waals surface area contributed by atoms with Crippen molar-refractivity contribution in [3.05, 3.63) is 0 Å². The topological polar surface area (TPSA) is 32.3 Å². The lowest BCUT2D eigenvalue weighted by molar-refractivity contribution is -0.129. The molecule has 1 aliphatic heterocycles. The number of carbonyl (C=O) groups excluding carboxylic acids is 1. The average molecular weight is 202 g/mol. The number of carbonyl (C=O) groups is 1. The van der Waals surface area contributed by atoms with Crippen LogP contribution in [0, 0.1) is 0 Å². The molecular weight excluding hydrogens is 184 g/mol. The second kappa shape index (κ2) is 4.86. The molecule has 0 saturated carbocycles. The molecule has 0 aromatic heterocycles. The van der Waals surface area contributed by atoms with E-state index in [0.717, 1.165) is 19.5 Å². The molecule has 1 heterocycles. The zero-order valence-electron chi connectivity index (χ0n) is 8.54. The Bertz CT molecular complexity index is 186. The molecule has 4 heteroatoms. The van der Waals surface area contributed by atoms with Gasteiger partial charge in [0, 0.05) is 19.1 Å². The first kappa shape index (κ1) is 10.9. The van der Waals surface area contributed by atoms with E-state index < -0.39 is 0 Å². The van der Waals surface area contributed by atoms with Crippen LogP contribution in [0.4, 0.5) is 0 Å². The Morgan fingerprint density at radius 3 is 2.85 bits per heavy atom. The molecule has 76 valence electrons. The van der Waals surface area contributed by atoms with Crippen molar-refractivity contribution in [2.24, 2.45) is 0 Å². The molecule has 0 aromatic rings. The fraction of sp³-hybridized carbons (Fsp3) is 0.889. The second-order valence-electron chi connectivity index (χ2n) is 3.44. The van der Waals surface area contributed by atoms with Gasteiger partial charge in [-0.1, -0.05) is 0 Å². The molecule has 1 N–H and O–H groups in total. The van der Waals surface area contributed by atoms with Gasteiger partial charge in [0.2, 0.25) is 5.91 Å². The van der Waals surface area contributed by atoms with Crippen LogP contribution < -0.4 is 5.32 Å². The van der Waals surface area contributed by atoms with Crippen LogP contribution in [-0.2, 0) is 4.79 Å². The third-order valence-corrected chi connectivity index (χ3v) is 3.52. The lowest BCUT2D eigenvalue weighted by Crippen LogP contribution is -2.37. The minimum atomic E-state index is 0.107. The molecule has 3 nitrogen and oxygen atoms in total. The number of amides is 1. The molecule has 0 spiro atoms. The first-order chi connectivity index (χ1) is 6.19. The Morgan fingerprint density at radius 2 is 2.38 bits per heavy atom. The van der Waals surface area contributed by atoms with Gasteiger partial charge in [-0.05, 0) is 26.6 Å². The quantitative estimate of drug-likeness (QED) is 0.726. The number of nitrogens with zero attached hydrogens (tertiary/aromatic N) is 1. The fourth-order valence-electron chi connectivity index (χ4n) is 1.55. The van der Waals surface area contributed by atoms with E-state index in [9.17, 15) is 4.79 Å². The summed E-state index contributed by atoms with van der Waals surface area (Å²) in [5.41, 5.74) is 0. The highest BCUT2D eigenvalue weighted by molar-refractivity contribution is 7.99. The maximum absolute atomic E-state index is 11.7. The molecule has 2 unspecified atom stereocenters. The number of rotatable bonds is 3. The summed E-state index contributed by atoms with van der Waals surface area (Å²) < 4.78 is 0. The third-order valence-electron chi connectivity index (χ3n) is 2.61. The van der Waals surface area contributed by atoms with Crippen molar-refractivity contribution in [1.82, 2.24) is 10.2 Å². The van der Waals surface area contributed by atoms with Crippen LogP contribution in [0.15, 0.2) is 0 Å². The van der Waals surface area contributed by atoms with Gasteiger partial charge in [-0.2, -0.15) is 11.8 Å². The second-order valence-corrected chi connectivity index (χ2v) is 4.61. The lowest BCUT2D eigenvalue weighted by atomic mass is 10.3. The number of hydrogen-bond acceptors (Lipinski definition) is 3. The Morgan fingerprint density at radius 1 is 1.69 bits per heavy atom. The summed E-state index contributed by atoms with van der Waals surface area (Å²) in [6.07, 6.45) is 3.07. The number of nitrogens with one attached hydrogen (secondary N) is 1. The van der Waals surface area contributed by atoms with E-state index >= 15 is 0 Å². The number of likely N-dealkylation sites (tertiary alicyclic amines) is 1. The normalized spacial score (nSPS) is 24.8. The lowest BCUT2D eigenvalue weighted by Gasteiger charge is -2.19. The number of hydrogen-bond donors (Lipinski definition) is 1. The van der Waals surface area contributed by atoms with Gasteiger partial charge in [0.1, 0.15) is 0 Å². The molecule has 0 radical (unpaired) electrons. The highest BCUT2D eigenvalue weighted by Gasteiger charge is 2.27. The third kappa shape index (κ3) is 2.61. The largest absolute Gasteiger partial charge is 0.340 e. The van der Waals surface area contributed by atoms with Gasteiger partial charge >= 0.3 is 0 Å². The van der Waals surface area contributed by atoms with Gasteiger partial charge in [0.25, 0.3) is 0 Å². The molecule has 1 aliphatic rings. The molecule has 0 aliphatic carbocycles.